The van der Waals surface area contributed by atoms with Gasteiger partial charge in [-0.05, 0) is 24.5 Å². The van der Waals surface area contributed by atoms with Gasteiger partial charge in [-0.15, -0.1) is 0 Å². The predicted octanol–water partition coefficient (Wildman–Crippen LogP) is 2.85. The summed E-state index contributed by atoms with van der Waals surface area (Å²) < 4.78 is 1.43. The van der Waals surface area contributed by atoms with E-state index in [-0.39, 0.29) is 16.9 Å². The standard InChI is InChI=1S/C16H21N3O2/c1-11-14(17-13(20)10-16(2,3)4)15(21)19(18-11)12-8-6-5-7-9-12/h5-9,18H,10H2,1-4H3,(H,17,20). The summed E-state index contributed by atoms with van der Waals surface area (Å²) in [6.45, 7) is 7.73. The van der Waals surface area contributed by atoms with Gasteiger partial charge in [0.25, 0.3) is 5.56 Å². The molecular formula is C16H21N3O2. The maximum Gasteiger partial charge on any atom is 0.295 e. The van der Waals surface area contributed by atoms with Gasteiger partial charge in [0.15, 0.2) is 0 Å². The third-order valence-corrected chi connectivity index (χ3v) is 3.04. The monoisotopic (exact) mass is 287 g/mol. The summed E-state index contributed by atoms with van der Waals surface area (Å²) in [6.07, 6.45) is 0.363. The summed E-state index contributed by atoms with van der Waals surface area (Å²) >= 11 is 0. The number of aryl methyl sites for hydroxylation is 1. The lowest BCUT2D eigenvalue weighted by atomic mass is 9.92. The molecule has 0 spiro atoms. The molecule has 0 aliphatic rings. The van der Waals surface area contributed by atoms with Gasteiger partial charge in [-0.1, -0.05) is 39.0 Å². The summed E-state index contributed by atoms with van der Waals surface area (Å²) in [6, 6.07) is 9.26. The number of carbonyl (C=O) groups is 1. The fraction of sp³-hybridized carbons (Fsp3) is 0.375. The van der Waals surface area contributed by atoms with Gasteiger partial charge in [0.2, 0.25) is 5.91 Å². The molecule has 21 heavy (non-hydrogen) atoms. The van der Waals surface area contributed by atoms with Crippen LogP contribution >= 0.6 is 0 Å². The molecule has 0 fully saturated rings. The van der Waals surface area contributed by atoms with Gasteiger partial charge in [-0.3, -0.25) is 14.7 Å². The van der Waals surface area contributed by atoms with Crippen LogP contribution in [0, 0.1) is 12.3 Å². The Morgan fingerprint density at radius 3 is 2.43 bits per heavy atom. The highest BCUT2D eigenvalue weighted by atomic mass is 16.2. The molecule has 0 bridgehead atoms. The number of H-pyrrole nitrogens is 1. The summed E-state index contributed by atoms with van der Waals surface area (Å²) in [7, 11) is 0. The van der Waals surface area contributed by atoms with E-state index in [2.05, 4.69) is 10.4 Å². The second-order valence-corrected chi connectivity index (χ2v) is 6.37. The number of hydrogen-bond donors (Lipinski definition) is 2. The van der Waals surface area contributed by atoms with Crippen LogP contribution in [-0.2, 0) is 4.79 Å². The number of nitrogens with zero attached hydrogens (tertiary/aromatic N) is 1. The molecule has 1 heterocycles. The van der Waals surface area contributed by atoms with Crippen LogP contribution in [0.4, 0.5) is 5.69 Å². The first-order valence-electron chi connectivity index (χ1n) is 6.95. The van der Waals surface area contributed by atoms with Crippen molar-refractivity contribution < 1.29 is 4.79 Å². The van der Waals surface area contributed by atoms with Gasteiger partial charge >= 0.3 is 0 Å². The average Bonchev–Trinajstić information content (AvgIpc) is 2.66. The zero-order valence-electron chi connectivity index (χ0n) is 12.9. The Kier molecular flexibility index (Phi) is 4.02. The Morgan fingerprint density at radius 1 is 1.24 bits per heavy atom. The SMILES string of the molecule is Cc1[nH]n(-c2ccccc2)c(=O)c1NC(=O)CC(C)(C)C. The second kappa shape index (κ2) is 5.60. The van der Waals surface area contributed by atoms with Crippen molar-refractivity contribution in [2.75, 3.05) is 5.32 Å². The summed E-state index contributed by atoms with van der Waals surface area (Å²) in [5.41, 5.74) is 1.33. The van der Waals surface area contributed by atoms with Crippen LogP contribution in [0.1, 0.15) is 32.9 Å². The van der Waals surface area contributed by atoms with E-state index in [0.29, 0.717) is 17.8 Å². The molecule has 1 aromatic carbocycles. The minimum atomic E-state index is -0.249. The van der Waals surface area contributed by atoms with Crippen molar-refractivity contribution >= 4 is 11.6 Å². The topological polar surface area (TPSA) is 66.9 Å². The number of aromatic amines is 1. The molecule has 2 rings (SSSR count). The lowest BCUT2D eigenvalue weighted by Crippen LogP contribution is -2.24. The van der Waals surface area contributed by atoms with Crippen molar-refractivity contribution in [1.82, 2.24) is 9.78 Å². The third kappa shape index (κ3) is 3.62. The summed E-state index contributed by atoms with van der Waals surface area (Å²) in [4.78, 5) is 24.4. The van der Waals surface area contributed by atoms with Crippen LogP contribution in [0.5, 0.6) is 0 Å². The minimum absolute atomic E-state index is 0.118. The molecule has 5 heteroatoms. The number of rotatable bonds is 3. The largest absolute Gasteiger partial charge is 0.320 e. The maximum atomic E-state index is 12.4. The van der Waals surface area contributed by atoms with E-state index in [1.807, 2.05) is 51.1 Å². The van der Waals surface area contributed by atoms with Crippen LogP contribution in [0.3, 0.4) is 0 Å². The molecule has 0 saturated heterocycles. The van der Waals surface area contributed by atoms with Crippen molar-refractivity contribution in [3.8, 4) is 5.69 Å². The molecular weight excluding hydrogens is 266 g/mol. The Balaban J connectivity index is 2.29. The Hall–Kier alpha value is -2.30. The molecule has 0 aliphatic carbocycles. The first-order chi connectivity index (χ1) is 9.78. The fourth-order valence-electron chi connectivity index (χ4n) is 2.12. The number of aromatic nitrogens is 2. The van der Waals surface area contributed by atoms with Crippen molar-refractivity contribution in [2.45, 2.75) is 34.1 Å². The Bertz CT molecular complexity index is 691. The van der Waals surface area contributed by atoms with Crippen LogP contribution in [-0.4, -0.2) is 15.7 Å². The van der Waals surface area contributed by atoms with Crippen LogP contribution in [0.2, 0.25) is 0 Å². The van der Waals surface area contributed by atoms with Gasteiger partial charge in [0, 0.05) is 6.42 Å². The van der Waals surface area contributed by atoms with Crippen molar-refractivity contribution in [2.24, 2.45) is 5.41 Å². The van der Waals surface area contributed by atoms with Gasteiger partial charge < -0.3 is 5.32 Å². The number of carbonyl (C=O) groups excluding carboxylic acids is 1. The second-order valence-electron chi connectivity index (χ2n) is 6.37. The lowest BCUT2D eigenvalue weighted by molar-refractivity contribution is -0.117. The van der Waals surface area contributed by atoms with Crippen LogP contribution < -0.4 is 10.9 Å². The summed E-state index contributed by atoms with van der Waals surface area (Å²) in [5.74, 6) is -0.151. The van der Waals surface area contributed by atoms with Gasteiger partial charge in [-0.25, -0.2) is 4.68 Å². The quantitative estimate of drug-likeness (QED) is 0.911. The Morgan fingerprint density at radius 2 is 1.86 bits per heavy atom. The molecule has 112 valence electrons. The molecule has 0 atom stereocenters. The van der Waals surface area contributed by atoms with Crippen molar-refractivity contribution in [3.05, 3.63) is 46.4 Å². The molecule has 2 aromatic rings. The van der Waals surface area contributed by atoms with E-state index in [1.54, 1.807) is 6.92 Å². The maximum absolute atomic E-state index is 12.4. The van der Waals surface area contributed by atoms with Crippen LogP contribution in [0.15, 0.2) is 35.1 Å². The zero-order valence-corrected chi connectivity index (χ0v) is 12.9. The van der Waals surface area contributed by atoms with E-state index in [1.165, 1.54) is 4.68 Å². The number of anilines is 1. The highest BCUT2D eigenvalue weighted by molar-refractivity contribution is 5.91. The van der Waals surface area contributed by atoms with Crippen molar-refractivity contribution in [3.63, 3.8) is 0 Å². The highest BCUT2D eigenvalue weighted by Gasteiger charge is 2.19. The van der Waals surface area contributed by atoms with Crippen molar-refractivity contribution in [1.29, 1.82) is 0 Å². The molecule has 1 amide bonds. The normalized spacial score (nSPS) is 11.4. The lowest BCUT2D eigenvalue weighted by Gasteiger charge is -2.16. The van der Waals surface area contributed by atoms with E-state index >= 15 is 0 Å². The first kappa shape index (κ1) is 15.1. The average molecular weight is 287 g/mol. The molecule has 0 aliphatic heterocycles. The molecule has 0 saturated carbocycles. The number of para-hydroxylation sites is 1. The predicted molar refractivity (Wildman–Crippen MR) is 83.8 cm³/mol. The number of benzene rings is 1. The molecule has 1 aromatic heterocycles. The third-order valence-electron chi connectivity index (χ3n) is 3.04. The first-order valence-corrected chi connectivity index (χ1v) is 6.95. The van der Waals surface area contributed by atoms with E-state index < -0.39 is 0 Å². The van der Waals surface area contributed by atoms with Gasteiger partial charge in [0.1, 0.15) is 5.69 Å². The van der Waals surface area contributed by atoms with Crippen LogP contribution in [0.25, 0.3) is 5.69 Å². The Labute approximate surface area is 124 Å². The van der Waals surface area contributed by atoms with Gasteiger partial charge in [-0.2, -0.15) is 0 Å². The van der Waals surface area contributed by atoms with E-state index in [9.17, 15) is 9.59 Å². The zero-order chi connectivity index (χ0) is 15.6. The smallest absolute Gasteiger partial charge is 0.295 e. The number of nitrogens with one attached hydrogen (secondary N) is 2. The molecule has 0 unspecified atom stereocenters. The fourth-order valence-corrected chi connectivity index (χ4v) is 2.12. The number of amides is 1. The molecule has 0 radical (unpaired) electrons. The van der Waals surface area contributed by atoms with E-state index in [4.69, 9.17) is 0 Å². The number of hydrogen-bond acceptors (Lipinski definition) is 2. The molecule has 2 N–H and O–H groups in total. The summed E-state index contributed by atoms with van der Waals surface area (Å²) in [5, 5.41) is 5.71. The van der Waals surface area contributed by atoms with Gasteiger partial charge in [0.05, 0.1) is 11.4 Å². The molecule has 5 nitrogen and oxygen atoms in total. The minimum Gasteiger partial charge on any atom is -0.320 e. The van der Waals surface area contributed by atoms with E-state index in [0.717, 1.165) is 5.69 Å². The highest BCUT2D eigenvalue weighted by Crippen LogP contribution is 2.19.